The molecule has 0 saturated heterocycles. The zero-order chi connectivity index (χ0) is 11.4. The van der Waals surface area contributed by atoms with Gasteiger partial charge in [0.1, 0.15) is 6.07 Å². The predicted molar refractivity (Wildman–Crippen MR) is 55.6 cm³/mol. The van der Waals surface area contributed by atoms with Gasteiger partial charge in [-0.1, -0.05) is 15.9 Å². The summed E-state index contributed by atoms with van der Waals surface area (Å²) in [6.07, 6.45) is 0.523. The first-order valence-electron chi connectivity index (χ1n) is 3.91. The molecule has 0 aliphatic carbocycles. The Morgan fingerprint density at radius 2 is 2.27 bits per heavy atom. The Labute approximate surface area is 94.6 Å². The minimum Gasteiger partial charge on any atom is -0.465 e. The van der Waals surface area contributed by atoms with Crippen molar-refractivity contribution in [2.45, 2.75) is 0 Å². The number of halogens is 1. The van der Waals surface area contributed by atoms with Crippen LogP contribution in [0.2, 0.25) is 0 Å². The summed E-state index contributed by atoms with van der Waals surface area (Å²) in [6, 6.07) is 4.77. The average Bonchev–Trinajstić information content (AvgIpc) is 2.27. The fraction of sp³-hybridized carbons (Fsp3) is 0.100. The summed E-state index contributed by atoms with van der Waals surface area (Å²) in [5.41, 5.74) is 0.261. The molecule has 1 aromatic carbocycles. The lowest BCUT2D eigenvalue weighted by Crippen LogP contribution is -2.06. The van der Waals surface area contributed by atoms with E-state index < -0.39 is 5.97 Å². The molecule has 0 unspecified atom stereocenters. The standard InChI is InChI=1S/C10H6BrNO3/c1-15-10(14)6-2-3-9(11)8(5-13)7(6)4-12/h2-3,5H,1H3. The van der Waals surface area contributed by atoms with Crippen molar-refractivity contribution in [2.24, 2.45) is 0 Å². The zero-order valence-electron chi connectivity index (χ0n) is 7.78. The van der Waals surface area contributed by atoms with E-state index in [1.807, 2.05) is 6.07 Å². The maximum atomic E-state index is 11.3. The molecule has 0 bridgehead atoms. The fourth-order valence-electron chi connectivity index (χ4n) is 1.11. The lowest BCUT2D eigenvalue weighted by Gasteiger charge is -2.05. The summed E-state index contributed by atoms with van der Waals surface area (Å²) in [5.74, 6) is -0.637. The highest BCUT2D eigenvalue weighted by Crippen LogP contribution is 2.22. The average molecular weight is 268 g/mol. The maximum Gasteiger partial charge on any atom is 0.339 e. The van der Waals surface area contributed by atoms with Gasteiger partial charge in [-0.05, 0) is 12.1 Å². The molecule has 5 heteroatoms. The number of hydrogen-bond donors (Lipinski definition) is 0. The van der Waals surface area contributed by atoms with Crippen molar-refractivity contribution in [3.63, 3.8) is 0 Å². The number of aldehydes is 1. The van der Waals surface area contributed by atoms with Crippen LogP contribution in [-0.2, 0) is 4.74 Å². The van der Waals surface area contributed by atoms with Crippen LogP contribution in [0.15, 0.2) is 16.6 Å². The lowest BCUT2D eigenvalue weighted by molar-refractivity contribution is 0.0600. The van der Waals surface area contributed by atoms with Crippen LogP contribution >= 0.6 is 15.9 Å². The predicted octanol–water partition coefficient (Wildman–Crippen LogP) is 1.92. The van der Waals surface area contributed by atoms with E-state index in [0.717, 1.165) is 0 Å². The Morgan fingerprint density at radius 1 is 1.60 bits per heavy atom. The van der Waals surface area contributed by atoms with Crippen LogP contribution in [0.1, 0.15) is 26.3 Å². The summed E-state index contributed by atoms with van der Waals surface area (Å²) in [7, 11) is 1.21. The van der Waals surface area contributed by atoms with Gasteiger partial charge in [-0.15, -0.1) is 0 Å². The highest BCUT2D eigenvalue weighted by atomic mass is 79.9. The summed E-state index contributed by atoms with van der Waals surface area (Å²) in [4.78, 5) is 22.0. The fourth-order valence-corrected chi connectivity index (χ4v) is 1.53. The number of carbonyl (C=O) groups excluding carboxylic acids is 2. The quantitative estimate of drug-likeness (QED) is 0.607. The number of rotatable bonds is 2. The van der Waals surface area contributed by atoms with Gasteiger partial charge in [0.15, 0.2) is 6.29 Å². The second-order valence-corrected chi connectivity index (χ2v) is 3.46. The maximum absolute atomic E-state index is 11.3. The Bertz CT molecular complexity index is 462. The molecule has 4 nitrogen and oxygen atoms in total. The van der Waals surface area contributed by atoms with Gasteiger partial charge >= 0.3 is 5.97 Å². The van der Waals surface area contributed by atoms with Crippen LogP contribution in [0.5, 0.6) is 0 Å². The number of carbonyl (C=O) groups is 2. The molecule has 0 aromatic heterocycles. The molecular weight excluding hydrogens is 262 g/mol. The van der Waals surface area contributed by atoms with E-state index in [0.29, 0.717) is 10.8 Å². The topological polar surface area (TPSA) is 67.2 Å². The van der Waals surface area contributed by atoms with Crippen LogP contribution in [0.4, 0.5) is 0 Å². The van der Waals surface area contributed by atoms with Crippen molar-refractivity contribution in [3.8, 4) is 6.07 Å². The van der Waals surface area contributed by atoms with Gasteiger partial charge in [-0.2, -0.15) is 5.26 Å². The van der Waals surface area contributed by atoms with E-state index in [2.05, 4.69) is 20.7 Å². The van der Waals surface area contributed by atoms with Gasteiger partial charge in [-0.3, -0.25) is 4.79 Å². The summed E-state index contributed by atoms with van der Waals surface area (Å²) < 4.78 is 4.97. The molecule has 0 fully saturated rings. The van der Waals surface area contributed by atoms with Gasteiger partial charge in [0.2, 0.25) is 0 Å². The van der Waals surface area contributed by atoms with Gasteiger partial charge in [-0.25, -0.2) is 4.79 Å². The second kappa shape index (κ2) is 4.71. The third-order valence-corrected chi connectivity index (χ3v) is 2.52. The molecule has 0 amide bonds. The Hall–Kier alpha value is -1.67. The normalized spacial score (nSPS) is 9.13. The number of ether oxygens (including phenoxy) is 1. The number of benzene rings is 1. The van der Waals surface area contributed by atoms with Crippen LogP contribution in [0, 0.1) is 11.3 Å². The third kappa shape index (κ3) is 2.05. The van der Waals surface area contributed by atoms with E-state index >= 15 is 0 Å². The summed E-state index contributed by atoms with van der Waals surface area (Å²) in [5, 5.41) is 8.86. The number of esters is 1. The smallest absolute Gasteiger partial charge is 0.339 e. The Balaban J connectivity index is 3.50. The molecule has 0 N–H and O–H groups in total. The van der Waals surface area contributed by atoms with Crippen LogP contribution in [0.25, 0.3) is 0 Å². The van der Waals surface area contributed by atoms with E-state index in [1.165, 1.54) is 19.2 Å². The van der Waals surface area contributed by atoms with Crippen molar-refractivity contribution in [2.75, 3.05) is 7.11 Å². The first kappa shape index (κ1) is 11.4. The molecule has 0 heterocycles. The Kier molecular flexibility index (Phi) is 3.58. The van der Waals surface area contributed by atoms with Crippen molar-refractivity contribution in [1.29, 1.82) is 5.26 Å². The molecule has 76 valence electrons. The summed E-state index contributed by atoms with van der Waals surface area (Å²) >= 11 is 3.12. The highest BCUT2D eigenvalue weighted by molar-refractivity contribution is 9.10. The molecule has 0 saturated carbocycles. The monoisotopic (exact) mass is 267 g/mol. The van der Waals surface area contributed by atoms with Gasteiger partial charge in [0.25, 0.3) is 0 Å². The van der Waals surface area contributed by atoms with E-state index in [-0.39, 0.29) is 16.7 Å². The van der Waals surface area contributed by atoms with Crippen LogP contribution < -0.4 is 0 Å². The van der Waals surface area contributed by atoms with Gasteiger partial charge in [0.05, 0.1) is 18.2 Å². The van der Waals surface area contributed by atoms with Crippen molar-refractivity contribution < 1.29 is 14.3 Å². The molecule has 0 atom stereocenters. The first-order valence-corrected chi connectivity index (χ1v) is 4.71. The molecular formula is C10H6BrNO3. The van der Waals surface area contributed by atoms with E-state index in [4.69, 9.17) is 5.26 Å². The van der Waals surface area contributed by atoms with Crippen LogP contribution in [-0.4, -0.2) is 19.4 Å². The second-order valence-electron chi connectivity index (χ2n) is 2.60. The van der Waals surface area contributed by atoms with Crippen molar-refractivity contribution >= 4 is 28.2 Å². The number of nitriles is 1. The zero-order valence-corrected chi connectivity index (χ0v) is 9.37. The molecule has 1 aromatic rings. The van der Waals surface area contributed by atoms with Gasteiger partial charge < -0.3 is 4.74 Å². The Morgan fingerprint density at radius 3 is 2.73 bits per heavy atom. The molecule has 0 aliphatic rings. The highest BCUT2D eigenvalue weighted by Gasteiger charge is 2.17. The molecule has 15 heavy (non-hydrogen) atoms. The largest absolute Gasteiger partial charge is 0.465 e. The minimum absolute atomic E-state index is 0.0197. The van der Waals surface area contributed by atoms with Crippen LogP contribution in [0.3, 0.4) is 0 Å². The van der Waals surface area contributed by atoms with E-state index in [1.54, 1.807) is 0 Å². The minimum atomic E-state index is -0.637. The summed E-state index contributed by atoms with van der Waals surface area (Å²) in [6.45, 7) is 0. The van der Waals surface area contributed by atoms with Crippen molar-refractivity contribution in [1.82, 2.24) is 0 Å². The van der Waals surface area contributed by atoms with Crippen molar-refractivity contribution in [3.05, 3.63) is 33.3 Å². The first-order chi connectivity index (χ1) is 7.15. The number of methoxy groups -OCH3 is 1. The number of hydrogen-bond acceptors (Lipinski definition) is 4. The SMILES string of the molecule is COC(=O)c1ccc(Br)c(C=O)c1C#N. The number of nitrogens with zero attached hydrogens (tertiary/aromatic N) is 1. The molecule has 0 spiro atoms. The van der Waals surface area contributed by atoms with E-state index in [9.17, 15) is 9.59 Å². The third-order valence-electron chi connectivity index (χ3n) is 1.83. The lowest BCUT2D eigenvalue weighted by atomic mass is 10.0. The molecule has 0 aliphatic heterocycles. The molecule has 0 radical (unpaired) electrons. The molecule has 1 rings (SSSR count). The van der Waals surface area contributed by atoms with Gasteiger partial charge in [0, 0.05) is 10.0 Å².